The number of hydrogen-bond acceptors (Lipinski definition) is 1. The fraction of sp³-hybridized carbons (Fsp3) is 0.400. The van der Waals surface area contributed by atoms with E-state index in [-0.39, 0.29) is 5.96 Å². The number of hydrogen-bond donors (Lipinski definition) is 1. The predicted octanol–water partition coefficient (Wildman–Crippen LogP) is 0.857. The van der Waals surface area contributed by atoms with Crippen LogP contribution in [0.15, 0.2) is 9.98 Å². The molecular weight excluding hydrogens is 102 g/mol. The molecule has 0 aromatic rings. The van der Waals surface area contributed by atoms with Crippen LogP contribution in [-0.4, -0.2) is 17.9 Å². The minimum Gasteiger partial charge on any atom is -0.265 e. The number of aliphatic imine (C=N–C) groups is 2. The van der Waals surface area contributed by atoms with Gasteiger partial charge in [-0.2, -0.15) is 0 Å². The SMILES string of the molecule is CCC1=NC(=N)N=C1. The maximum atomic E-state index is 6.90. The van der Waals surface area contributed by atoms with Gasteiger partial charge in [0.1, 0.15) is 0 Å². The monoisotopic (exact) mass is 109 g/mol. The number of nitrogens with one attached hydrogen (secondary N) is 1. The minimum absolute atomic E-state index is 0.127. The summed E-state index contributed by atoms with van der Waals surface area (Å²) < 4.78 is 0. The first-order chi connectivity index (χ1) is 3.83. The minimum atomic E-state index is 0.127. The van der Waals surface area contributed by atoms with Crippen molar-refractivity contribution in [3.63, 3.8) is 0 Å². The summed E-state index contributed by atoms with van der Waals surface area (Å²) in [5.41, 5.74) is 0.898. The van der Waals surface area contributed by atoms with Gasteiger partial charge in [-0.1, -0.05) is 6.92 Å². The quantitative estimate of drug-likeness (QED) is 0.519. The van der Waals surface area contributed by atoms with Gasteiger partial charge in [-0.25, -0.2) is 9.98 Å². The van der Waals surface area contributed by atoms with E-state index in [2.05, 4.69) is 9.98 Å². The van der Waals surface area contributed by atoms with Gasteiger partial charge < -0.3 is 0 Å². The van der Waals surface area contributed by atoms with Crippen LogP contribution in [0.25, 0.3) is 0 Å². The molecule has 3 heteroatoms. The molecule has 42 valence electrons. The van der Waals surface area contributed by atoms with Crippen LogP contribution in [0.1, 0.15) is 13.3 Å². The first-order valence-corrected chi connectivity index (χ1v) is 2.53. The highest BCUT2D eigenvalue weighted by Gasteiger charge is 2.00. The fourth-order valence-corrected chi connectivity index (χ4v) is 0.500. The van der Waals surface area contributed by atoms with E-state index in [1.807, 2.05) is 6.92 Å². The highest BCUT2D eigenvalue weighted by atomic mass is 15.1. The molecule has 1 heterocycles. The smallest absolute Gasteiger partial charge is 0.242 e. The van der Waals surface area contributed by atoms with E-state index >= 15 is 0 Å². The van der Waals surface area contributed by atoms with Gasteiger partial charge in [-0.3, -0.25) is 5.41 Å². The van der Waals surface area contributed by atoms with Gasteiger partial charge in [0.25, 0.3) is 0 Å². The molecule has 1 N–H and O–H groups in total. The summed E-state index contributed by atoms with van der Waals surface area (Å²) in [5.74, 6) is 0.127. The number of rotatable bonds is 1. The van der Waals surface area contributed by atoms with Gasteiger partial charge in [0.15, 0.2) is 0 Å². The molecule has 0 amide bonds. The molecule has 8 heavy (non-hydrogen) atoms. The van der Waals surface area contributed by atoms with Crippen LogP contribution in [0.4, 0.5) is 0 Å². The molecule has 1 aliphatic heterocycles. The Hall–Kier alpha value is -0.990. The molecule has 0 unspecified atom stereocenters. The molecule has 3 nitrogen and oxygen atoms in total. The van der Waals surface area contributed by atoms with Crippen LogP contribution in [0, 0.1) is 5.41 Å². The van der Waals surface area contributed by atoms with Gasteiger partial charge in [0.05, 0.1) is 11.9 Å². The van der Waals surface area contributed by atoms with Crippen LogP contribution in [0.5, 0.6) is 0 Å². The number of guanidine groups is 1. The first-order valence-electron chi connectivity index (χ1n) is 2.53. The third kappa shape index (κ3) is 0.804. The molecule has 1 aliphatic rings. The Kier molecular flexibility index (Phi) is 1.20. The molecule has 0 saturated heterocycles. The second-order valence-corrected chi connectivity index (χ2v) is 1.54. The lowest BCUT2D eigenvalue weighted by Gasteiger charge is -1.80. The highest BCUT2D eigenvalue weighted by Crippen LogP contribution is 1.92. The Bertz CT molecular complexity index is 167. The van der Waals surface area contributed by atoms with Gasteiger partial charge in [0, 0.05) is 0 Å². The van der Waals surface area contributed by atoms with Crippen LogP contribution in [-0.2, 0) is 0 Å². The molecule has 0 saturated carbocycles. The van der Waals surface area contributed by atoms with Crippen LogP contribution in [0.3, 0.4) is 0 Å². The Balaban J connectivity index is 2.72. The Morgan fingerprint density at radius 3 is 2.75 bits per heavy atom. The molecule has 0 radical (unpaired) electrons. The average molecular weight is 109 g/mol. The first kappa shape index (κ1) is 5.15. The molecule has 0 atom stereocenters. The molecule has 0 aliphatic carbocycles. The summed E-state index contributed by atoms with van der Waals surface area (Å²) >= 11 is 0. The van der Waals surface area contributed by atoms with E-state index in [1.165, 1.54) is 0 Å². The summed E-state index contributed by atoms with van der Waals surface area (Å²) in [5, 5.41) is 6.90. The van der Waals surface area contributed by atoms with E-state index in [9.17, 15) is 0 Å². The predicted molar refractivity (Wildman–Crippen MR) is 33.9 cm³/mol. The molecule has 1 rings (SSSR count). The van der Waals surface area contributed by atoms with Crippen molar-refractivity contribution >= 4 is 17.9 Å². The molecule has 0 aromatic heterocycles. The van der Waals surface area contributed by atoms with Crippen molar-refractivity contribution in [3.05, 3.63) is 0 Å². The molecule has 0 bridgehead atoms. The maximum absolute atomic E-state index is 6.90. The van der Waals surface area contributed by atoms with Gasteiger partial charge in [-0.15, -0.1) is 0 Å². The van der Waals surface area contributed by atoms with Gasteiger partial charge >= 0.3 is 0 Å². The molecule has 0 aromatic carbocycles. The van der Waals surface area contributed by atoms with E-state index in [0.717, 1.165) is 12.1 Å². The van der Waals surface area contributed by atoms with Crippen LogP contribution < -0.4 is 0 Å². The molecule has 0 spiro atoms. The standard InChI is InChI=1S/C5H7N3/c1-2-4-3-7-5(6)8-4/h3,6H,2H2,1H3. The molecular formula is C5H7N3. The zero-order chi connectivity index (χ0) is 5.98. The van der Waals surface area contributed by atoms with E-state index < -0.39 is 0 Å². The van der Waals surface area contributed by atoms with Crippen molar-refractivity contribution < 1.29 is 0 Å². The van der Waals surface area contributed by atoms with Crippen molar-refractivity contribution in [1.82, 2.24) is 0 Å². The summed E-state index contributed by atoms with van der Waals surface area (Å²) in [7, 11) is 0. The summed E-state index contributed by atoms with van der Waals surface area (Å²) in [6.07, 6.45) is 2.49. The average Bonchev–Trinajstić information content (AvgIpc) is 2.14. The van der Waals surface area contributed by atoms with Crippen LogP contribution >= 0.6 is 0 Å². The van der Waals surface area contributed by atoms with Crippen molar-refractivity contribution in [2.45, 2.75) is 13.3 Å². The molecule has 0 fully saturated rings. The Labute approximate surface area is 47.7 Å². The van der Waals surface area contributed by atoms with Crippen molar-refractivity contribution in [2.75, 3.05) is 0 Å². The zero-order valence-electron chi connectivity index (χ0n) is 4.68. The van der Waals surface area contributed by atoms with E-state index in [1.54, 1.807) is 6.21 Å². The van der Waals surface area contributed by atoms with E-state index in [4.69, 9.17) is 5.41 Å². The van der Waals surface area contributed by atoms with E-state index in [0.29, 0.717) is 0 Å². The maximum Gasteiger partial charge on any atom is 0.242 e. The van der Waals surface area contributed by atoms with Gasteiger partial charge in [0.2, 0.25) is 5.96 Å². The summed E-state index contributed by atoms with van der Waals surface area (Å²) in [6, 6.07) is 0. The lowest BCUT2D eigenvalue weighted by Crippen LogP contribution is -1.90. The Morgan fingerprint density at radius 2 is 2.50 bits per heavy atom. The second-order valence-electron chi connectivity index (χ2n) is 1.54. The highest BCUT2D eigenvalue weighted by molar-refractivity contribution is 6.37. The third-order valence-corrected chi connectivity index (χ3v) is 0.948. The van der Waals surface area contributed by atoms with Crippen molar-refractivity contribution in [3.8, 4) is 0 Å². The number of nitrogens with zero attached hydrogens (tertiary/aromatic N) is 2. The second kappa shape index (κ2) is 1.86. The normalized spacial score (nSPS) is 17.1. The van der Waals surface area contributed by atoms with Crippen LogP contribution in [0.2, 0.25) is 0 Å². The third-order valence-electron chi connectivity index (χ3n) is 0.948. The largest absolute Gasteiger partial charge is 0.265 e. The fourth-order valence-electron chi connectivity index (χ4n) is 0.500. The van der Waals surface area contributed by atoms with Gasteiger partial charge in [-0.05, 0) is 6.42 Å². The topological polar surface area (TPSA) is 48.6 Å². The summed E-state index contributed by atoms with van der Waals surface area (Å²) in [4.78, 5) is 7.43. The Morgan fingerprint density at radius 1 is 1.75 bits per heavy atom. The van der Waals surface area contributed by atoms with Crippen molar-refractivity contribution in [1.29, 1.82) is 5.41 Å². The van der Waals surface area contributed by atoms with Crippen molar-refractivity contribution in [2.24, 2.45) is 9.98 Å². The zero-order valence-corrected chi connectivity index (χ0v) is 4.68. The lowest BCUT2D eigenvalue weighted by atomic mass is 10.3. The summed E-state index contributed by atoms with van der Waals surface area (Å²) in [6.45, 7) is 1.99. The lowest BCUT2D eigenvalue weighted by molar-refractivity contribution is 1.30.